The molecule has 0 spiro atoms. The van der Waals surface area contributed by atoms with Crippen molar-refractivity contribution < 1.29 is 19.1 Å². The van der Waals surface area contributed by atoms with E-state index in [0.29, 0.717) is 67.6 Å². The fraction of sp³-hybridized carbons (Fsp3) is 0.484. The van der Waals surface area contributed by atoms with E-state index in [0.717, 1.165) is 29.5 Å². The zero-order valence-corrected chi connectivity index (χ0v) is 24.6. The van der Waals surface area contributed by atoms with Gasteiger partial charge in [0.1, 0.15) is 17.4 Å². The lowest BCUT2D eigenvalue weighted by Crippen LogP contribution is -2.45. The van der Waals surface area contributed by atoms with Crippen LogP contribution in [0, 0.1) is 10.8 Å². The molecule has 2 aliphatic rings. The summed E-state index contributed by atoms with van der Waals surface area (Å²) in [5.74, 6) is 1.01. The number of benzene rings is 1. The van der Waals surface area contributed by atoms with Crippen LogP contribution in [-0.4, -0.2) is 66.2 Å². The number of carbonyl (C=O) groups excluding carboxylic acids is 2. The van der Waals surface area contributed by atoms with Gasteiger partial charge in [0.15, 0.2) is 0 Å². The lowest BCUT2D eigenvalue weighted by molar-refractivity contribution is -0.133. The van der Waals surface area contributed by atoms with E-state index in [2.05, 4.69) is 19.2 Å². The summed E-state index contributed by atoms with van der Waals surface area (Å²) in [6.45, 7) is 9.39. The second kappa shape index (κ2) is 13.6. The van der Waals surface area contributed by atoms with Gasteiger partial charge in [0.25, 0.3) is 5.91 Å². The molecule has 1 saturated heterocycles. The maximum atomic E-state index is 13.2. The average Bonchev–Trinajstić information content (AvgIpc) is 3.21. The molecule has 3 rings (SSSR count). The molecule has 2 amide bonds. The van der Waals surface area contributed by atoms with Gasteiger partial charge >= 0.3 is 0 Å². The summed E-state index contributed by atoms with van der Waals surface area (Å²) in [6.07, 6.45) is 10.7. The molecule has 0 unspecified atom stereocenters. The van der Waals surface area contributed by atoms with Crippen LogP contribution in [0.25, 0.3) is 0 Å². The Labute approximate surface area is 237 Å². The molecule has 2 heterocycles. The minimum absolute atomic E-state index is 0.0367. The van der Waals surface area contributed by atoms with Crippen LogP contribution in [0.1, 0.15) is 74.9 Å². The molecule has 9 heteroatoms. The Kier molecular flexibility index (Phi) is 10.5. The summed E-state index contributed by atoms with van der Waals surface area (Å²) in [7, 11) is 3.13. The molecule has 1 aromatic carbocycles. The van der Waals surface area contributed by atoms with Gasteiger partial charge in [-0.15, -0.1) is 0 Å². The highest BCUT2D eigenvalue weighted by molar-refractivity contribution is 6.09. The monoisotopic (exact) mass is 549 g/mol. The van der Waals surface area contributed by atoms with Crippen LogP contribution in [0.4, 0.5) is 0 Å². The fourth-order valence-corrected chi connectivity index (χ4v) is 5.12. The third kappa shape index (κ3) is 7.27. The van der Waals surface area contributed by atoms with Crippen molar-refractivity contribution >= 4 is 23.5 Å². The number of amidine groups is 2. The highest BCUT2D eigenvalue weighted by atomic mass is 16.5. The summed E-state index contributed by atoms with van der Waals surface area (Å²) in [5.41, 5.74) is 3.52. The molecule has 0 radical (unpaired) electrons. The predicted octanol–water partition coefficient (Wildman–Crippen LogP) is 4.97. The Hall–Kier alpha value is -3.72. The molecular formula is C31H43N5O4. The molecule has 3 N–H and O–H groups in total. The number of rotatable bonds is 10. The highest BCUT2D eigenvalue weighted by Gasteiger charge is 2.38. The van der Waals surface area contributed by atoms with E-state index in [-0.39, 0.29) is 17.4 Å². The summed E-state index contributed by atoms with van der Waals surface area (Å²) in [5, 5.41) is 20.0. The van der Waals surface area contributed by atoms with Crippen molar-refractivity contribution in [2.75, 3.05) is 27.4 Å². The SMILES string of the molecule is CC/C=C(/C=C\C=C(/C)NC(=O)c1cc2c(cc1OC)CCN(C(=O)CCOC)C2)C(=N)N1C(=N)CCC1(C)C. The molecule has 2 aliphatic heterocycles. The zero-order valence-electron chi connectivity index (χ0n) is 24.6. The minimum atomic E-state index is -0.297. The van der Waals surface area contributed by atoms with E-state index in [1.165, 1.54) is 0 Å². The van der Waals surface area contributed by atoms with E-state index in [1.807, 2.05) is 37.3 Å². The quantitative estimate of drug-likeness (QED) is 0.216. The summed E-state index contributed by atoms with van der Waals surface area (Å²) < 4.78 is 10.6. The second-order valence-corrected chi connectivity index (χ2v) is 10.8. The Morgan fingerprint density at radius 3 is 2.55 bits per heavy atom. The van der Waals surface area contributed by atoms with Gasteiger partial charge in [-0.25, -0.2) is 0 Å². The third-order valence-electron chi connectivity index (χ3n) is 7.35. The van der Waals surface area contributed by atoms with Gasteiger partial charge in [-0.2, -0.15) is 0 Å². The highest BCUT2D eigenvalue weighted by Crippen LogP contribution is 2.31. The molecule has 1 aromatic rings. The van der Waals surface area contributed by atoms with Gasteiger partial charge in [0.2, 0.25) is 5.91 Å². The van der Waals surface area contributed by atoms with Crippen molar-refractivity contribution in [2.24, 2.45) is 0 Å². The summed E-state index contributed by atoms with van der Waals surface area (Å²) >= 11 is 0. The standard InChI is InChI=1S/C31H43N5O4/c1-7-9-22(29(33)36-27(32)12-15-31(36,3)4)11-8-10-21(2)34-30(38)25-18-24-20-35(28(37)14-17-39-5)16-13-23(24)19-26(25)40-6/h8-11,18-19,32-33H,7,12-17,20H2,1-6H3,(H,34,38)/b11-8-,21-10+,22-9-,32-27?,33-29?. The van der Waals surface area contributed by atoms with Crippen LogP contribution < -0.4 is 10.1 Å². The molecule has 0 saturated carbocycles. The molecule has 0 atom stereocenters. The molecule has 0 aromatic heterocycles. The number of methoxy groups -OCH3 is 2. The molecule has 40 heavy (non-hydrogen) atoms. The first-order valence-electron chi connectivity index (χ1n) is 13.8. The average molecular weight is 550 g/mol. The number of likely N-dealkylation sites (tertiary alicyclic amines) is 1. The molecule has 0 bridgehead atoms. The number of nitrogens with one attached hydrogen (secondary N) is 3. The zero-order chi connectivity index (χ0) is 29.4. The van der Waals surface area contributed by atoms with Gasteiger partial charge in [0, 0.05) is 43.4 Å². The Bertz CT molecular complexity index is 1240. The van der Waals surface area contributed by atoms with Crippen molar-refractivity contribution in [1.82, 2.24) is 15.1 Å². The first kappa shape index (κ1) is 30.8. The van der Waals surface area contributed by atoms with Crippen LogP contribution in [0.5, 0.6) is 5.75 Å². The molecule has 0 aliphatic carbocycles. The van der Waals surface area contributed by atoms with Crippen molar-refractivity contribution in [3.63, 3.8) is 0 Å². The Morgan fingerprint density at radius 2 is 1.93 bits per heavy atom. The largest absolute Gasteiger partial charge is 0.496 e. The number of hydrogen-bond donors (Lipinski definition) is 3. The van der Waals surface area contributed by atoms with Gasteiger partial charge in [0.05, 0.1) is 25.7 Å². The lowest BCUT2D eigenvalue weighted by atomic mass is 9.96. The summed E-state index contributed by atoms with van der Waals surface area (Å²) in [6, 6.07) is 3.71. The van der Waals surface area contributed by atoms with E-state index >= 15 is 0 Å². The fourth-order valence-electron chi connectivity index (χ4n) is 5.12. The molecule has 1 fully saturated rings. The van der Waals surface area contributed by atoms with E-state index < -0.39 is 0 Å². The normalized spacial score (nSPS) is 17.3. The van der Waals surface area contributed by atoms with Gasteiger partial charge in [-0.3, -0.25) is 20.4 Å². The number of allylic oxidation sites excluding steroid dienone is 4. The van der Waals surface area contributed by atoms with Gasteiger partial charge in [-0.1, -0.05) is 25.2 Å². The van der Waals surface area contributed by atoms with Crippen LogP contribution in [0.2, 0.25) is 0 Å². The van der Waals surface area contributed by atoms with Crippen molar-refractivity contribution in [1.29, 1.82) is 10.8 Å². The number of carbonyl (C=O) groups is 2. The summed E-state index contributed by atoms with van der Waals surface area (Å²) in [4.78, 5) is 29.3. The third-order valence-corrected chi connectivity index (χ3v) is 7.35. The second-order valence-electron chi connectivity index (χ2n) is 10.8. The van der Waals surface area contributed by atoms with Crippen molar-refractivity contribution in [3.05, 3.63) is 64.4 Å². The van der Waals surface area contributed by atoms with E-state index in [4.69, 9.17) is 20.3 Å². The Balaban J connectivity index is 1.73. The number of amides is 2. The molecular weight excluding hydrogens is 506 g/mol. The predicted molar refractivity (Wildman–Crippen MR) is 158 cm³/mol. The van der Waals surface area contributed by atoms with Crippen LogP contribution in [0.3, 0.4) is 0 Å². The van der Waals surface area contributed by atoms with Crippen LogP contribution >= 0.6 is 0 Å². The number of hydrogen-bond acceptors (Lipinski definition) is 6. The van der Waals surface area contributed by atoms with Gasteiger partial charge in [-0.05, 0) is 69.4 Å². The van der Waals surface area contributed by atoms with E-state index in [9.17, 15) is 9.59 Å². The minimum Gasteiger partial charge on any atom is -0.496 e. The van der Waals surface area contributed by atoms with Crippen molar-refractivity contribution in [3.8, 4) is 5.75 Å². The Morgan fingerprint density at radius 1 is 1.18 bits per heavy atom. The lowest BCUT2D eigenvalue weighted by Gasteiger charge is -2.33. The van der Waals surface area contributed by atoms with Crippen molar-refractivity contribution in [2.45, 2.75) is 71.9 Å². The first-order chi connectivity index (χ1) is 19.0. The number of nitrogens with zero attached hydrogens (tertiary/aromatic N) is 2. The van der Waals surface area contributed by atoms with Crippen LogP contribution in [0.15, 0.2) is 47.7 Å². The topological polar surface area (TPSA) is 119 Å². The maximum Gasteiger partial charge on any atom is 0.259 e. The smallest absolute Gasteiger partial charge is 0.259 e. The van der Waals surface area contributed by atoms with E-state index in [1.54, 1.807) is 37.0 Å². The maximum absolute atomic E-state index is 13.2. The van der Waals surface area contributed by atoms with Crippen LogP contribution in [-0.2, 0) is 22.5 Å². The van der Waals surface area contributed by atoms with Gasteiger partial charge < -0.3 is 24.6 Å². The first-order valence-corrected chi connectivity index (χ1v) is 13.8. The number of fused-ring (bicyclic) bond motifs is 1. The molecule has 216 valence electrons. The number of ether oxygens (including phenoxy) is 2. The molecule has 9 nitrogen and oxygen atoms in total.